The number of hydrogen-bond acceptors (Lipinski definition) is 4. The average molecular weight is 290 g/mol. The van der Waals surface area contributed by atoms with Gasteiger partial charge in [-0.1, -0.05) is 6.07 Å². The van der Waals surface area contributed by atoms with Gasteiger partial charge in [0.1, 0.15) is 11.8 Å². The first kappa shape index (κ1) is 15.2. The number of pyridine rings is 1. The smallest absolute Gasteiger partial charge is 0.385 e. The van der Waals surface area contributed by atoms with Crippen molar-refractivity contribution in [3.8, 4) is 0 Å². The van der Waals surface area contributed by atoms with Gasteiger partial charge in [-0.05, 0) is 25.0 Å². The van der Waals surface area contributed by atoms with Crippen molar-refractivity contribution in [2.45, 2.75) is 31.2 Å². The maximum atomic E-state index is 12.5. The Kier molecular flexibility index (Phi) is 4.95. The van der Waals surface area contributed by atoms with Crippen molar-refractivity contribution < 1.29 is 23.0 Å². The van der Waals surface area contributed by atoms with E-state index < -0.39 is 18.0 Å². The highest BCUT2D eigenvalue weighted by Crippen LogP contribution is 2.28. The number of rotatable bonds is 4. The molecule has 4 nitrogen and oxygen atoms in total. The fourth-order valence-electron chi connectivity index (χ4n) is 2.08. The van der Waals surface area contributed by atoms with Crippen LogP contribution in [0.3, 0.4) is 0 Å². The molecular formula is C13H17F3N2O2. The number of nitrogens with one attached hydrogen (secondary N) is 1. The van der Waals surface area contributed by atoms with E-state index in [4.69, 9.17) is 4.74 Å². The zero-order valence-corrected chi connectivity index (χ0v) is 10.9. The Morgan fingerprint density at radius 1 is 1.35 bits per heavy atom. The van der Waals surface area contributed by atoms with Crippen LogP contribution < -0.4 is 5.32 Å². The summed E-state index contributed by atoms with van der Waals surface area (Å²) in [5, 5.41) is 13.0. The Labute approximate surface area is 115 Å². The molecule has 0 aliphatic carbocycles. The van der Waals surface area contributed by atoms with E-state index in [1.807, 2.05) is 0 Å². The fraction of sp³-hybridized carbons (Fsp3) is 0.615. The first-order valence-electron chi connectivity index (χ1n) is 6.50. The van der Waals surface area contributed by atoms with Crippen LogP contribution in [-0.2, 0) is 10.9 Å². The molecule has 0 aromatic carbocycles. The van der Waals surface area contributed by atoms with Crippen LogP contribution in [0.25, 0.3) is 0 Å². The molecule has 0 amide bonds. The number of aliphatic hydroxyl groups is 1. The van der Waals surface area contributed by atoms with Gasteiger partial charge in [0.25, 0.3) is 0 Å². The van der Waals surface area contributed by atoms with E-state index in [1.54, 1.807) is 0 Å². The largest absolute Gasteiger partial charge is 0.433 e. The summed E-state index contributed by atoms with van der Waals surface area (Å²) in [6.07, 6.45) is -3.88. The van der Waals surface area contributed by atoms with Crippen LogP contribution in [0.1, 0.15) is 30.3 Å². The molecule has 0 spiro atoms. The van der Waals surface area contributed by atoms with Gasteiger partial charge in [-0.3, -0.25) is 0 Å². The van der Waals surface area contributed by atoms with Crippen LogP contribution in [-0.4, -0.2) is 35.9 Å². The minimum absolute atomic E-state index is 0.0272. The van der Waals surface area contributed by atoms with E-state index in [9.17, 15) is 18.3 Å². The Morgan fingerprint density at radius 3 is 2.70 bits per heavy atom. The van der Waals surface area contributed by atoms with Crippen LogP contribution in [0.2, 0.25) is 0 Å². The SMILES string of the molecule is O[C@H](CNC1CCOCC1)c1cccc(C(F)(F)F)n1. The fourth-order valence-corrected chi connectivity index (χ4v) is 2.08. The van der Waals surface area contributed by atoms with Crippen molar-refractivity contribution in [3.63, 3.8) is 0 Å². The minimum Gasteiger partial charge on any atom is -0.385 e. The number of alkyl halides is 3. The molecule has 1 saturated heterocycles. The number of nitrogens with zero attached hydrogens (tertiary/aromatic N) is 1. The minimum atomic E-state index is -4.50. The summed E-state index contributed by atoms with van der Waals surface area (Å²) in [7, 11) is 0. The Hall–Kier alpha value is -1.18. The van der Waals surface area contributed by atoms with Crippen molar-refractivity contribution >= 4 is 0 Å². The highest BCUT2D eigenvalue weighted by molar-refractivity contribution is 5.15. The van der Waals surface area contributed by atoms with Crippen LogP contribution in [0, 0.1) is 0 Å². The molecule has 2 N–H and O–H groups in total. The van der Waals surface area contributed by atoms with Gasteiger partial charge >= 0.3 is 6.18 Å². The van der Waals surface area contributed by atoms with Crippen molar-refractivity contribution in [3.05, 3.63) is 29.6 Å². The molecule has 7 heteroatoms. The van der Waals surface area contributed by atoms with Crippen molar-refractivity contribution in [2.75, 3.05) is 19.8 Å². The second-order valence-corrected chi connectivity index (χ2v) is 4.76. The summed E-state index contributed by atoms with van der Waals surface area (Å²) in [4.78, 5) is 3.47. The number of ether oxygens (including phenoxy) is 1. The summed E-state index contributed by atoms with van der Waals surface area (Å²) >= 11 is 0. The topological polar surface area (TPSA) is 54.4 Å². The summed E-state index contributed by atoms with van der Waals surface area (Å²) in [6.45, 7) is 1.50. The van der Waals surface area contributed by atoms with E-state index in [0.29, 0.717) is 13.2 Å². The third kappa shape index (κ3) is 4.16. The molecule has 2 heterocycles. The lowest BCUT2D eigenvalue weighted by molar-refractivity contribution is -0.141. The number of halogens is 3. The van der Waals surface area contributed by atoms with Crippen molar-refractivity contribution in [1.29, 1.82) is 0 Å². The highest BCUT2D eigenvalue weighted by atomic mass is 19.4. The molecule has 1 aromatic heterocycles. The van der Waals surface area contributed by atoms with Crippen LogP contribution in [0.15, 0.2) is 18.2 Å². The van der Waals surface area contributed by atoms with Gasteiger partial charge in [-0.25, -0.2) is 4.98 Å². The van der Waals surface area contributed by atoms with Gasteiger partial charge in [-0.2, -0.15) is 13.2 Å². The first-order chi connectivity index (χ1) is 9.47. The van der Waals surface area contributed by atoms with Gasteiger partial charge in [0, 0.05) is 25.8 Å². The first-order valence-corrected chi connectivity index (χ1v) is 6.50. The van der Waals surface area contributed by atoms with Crippen molar-refractivity contribution in [2.24, 2.45) is 0 Å². The monoisotopic (exact) mass is 290 g/mol. The Balaban J connectivity index is 1.93. The third-order valence-electron chi connectivity index (χ3n) is 3.22. The second kappa shape index (κ2) is 6.51. The quantitative estimate of drug-likeness (QED) is 0.889. The predicted molar refractivity (Wildman–Crippen MR) is 66.0 cm³/mol. The lowest BCUT2D eigenvalue weighted by Crippen LogP contribution is -2.37. The van der Waals surface area contributed by atoms with Gasteiger partial charge in [0.2, 0.25) is 0 Å². The van der Waals surface area contributed by atoms with E-state index >= 15 is 0 Å². The molecule has 2 rings (SSSR count). The van der Waals surface area contributed by atoms with Crippen LogP contribution in [0.4, 0.5) is 13.2 Å². The molecular weight excluding hydrogens is 273 g/mol. The normalized spacial score (nSPS) is 19.0. The third-order valence-corrected chi connectivity index (χ3v) is 3.22. The van der Waals surface area contributed by atoms with E-state index in [2.05, 4.69) is 10.3 Å². The zero-order chi connectivity index (χ0) is 14.6. The van der Waals surface area contributed by atoms with E-state index in [0.717, 1.165) is 18.9 Å². The van der Waals surface area contributed by atoms with Gasteiger partial charge in [-0.15, -0.1) is 0 Å². The molecule has 20 heavy (non-hydrogen) atoms. The zero-order valence-electron chi connectivity index (χ0n) is 10.9. The summed E-state index contributed by atoms with van der Waals surface area (Å²) < 4.78 is 42.8. The molecule has 1 fully saturated rings. The summed E-state index contributed by atoms with van der Waals surface area (Å²) in [5.41, 5.74) is -0.959. The number of aliphatic hydroxyl groups excluding tert-OH is 1. The summed E-state index contributed by atoms with van der Waals surface area (Å²) in [5.74, 6) is 0. The average Bonchev–Trinajstić information content (AvgIpc) is 2.45. The van der Waals surface area contributed by atoms with Crippen LogP contribution in [0.5, 0.6) is 0 Å². The molecule has 1 aliphatic rings. The van der Waals surface area contributed by atoms with Crippen molar-refractivity contribution in [1.82, 2.24) is 10.3 Å². The lowest BCUT2D eigenvalue weighted by atomic mass is 10.1. The van der Waals surface area contributed by atoms with Crippen LogP contribution >= 0.6 is 0 Å². The number of aromatic nitrogens is 1. The molecule has 1 aromatic rings. The maximum Gasteiger partial charge on any atom is 0.433 e. The maximum absolute atomic E-state index is 12.5. The summed E-state index contributed by atoms with van der Waals surface area (Å²) in [6, 6.07) is 3.76. The molecule has 1 atom stereocenters. The Morgan fingerprint density at radius 2 is 2.05 bits per heavy atom. The van der Waals surface area contributed by atoms with E-state index in [-0.39, 0.29) is 18.3 Å². The molecule has 112 valence electrons. The van der Waals surface area contributed by atoms with Gasteiger partial charge in [0.15, 0.2) is 0 Å². The lowest BCUT2D eigenvalue weighted by Gasteiger charge is -2.24. The molecule has 0 saturated carbocycles. The van der Waals surface area contributed by atoms with Gasteiger partial charge < -0.3 is 15.2 Å². The standard InChI is InChI=1S/C13H17F3N2O2/c14-13(15,16)12-3-1-2-10(18-12)11(19)8-17-9-4-6-20-7-5-9/h1-3,9,11,17,19H,4-8H2/t11-/m1/s1. The molecule has 0 bridgehead atoms. The second-order valence-electron chi connectivity index (χ2n) is 4.76. The molecule has 0 unspecified atom stereocenters. The molecule has 0 radical (unpaired) electrons. The number of hydrogen-bond donors (Lipinski definition) is 2. The molecule has 1 aliphatic heterocycles. The highest BCUT2D eigenvalue weighted by Gasteiger charge is 2.32. The van der Waals surface area contributed by atoms with E-state index in [1.165, 1.54) is 12.1 Å². The predicted octanol–water partition coefficient (Wildman–Crippen LogP) is 1.90. The van der Waals surface area contributed by atoms with Gasteiger partial charge in [0.05, 0.1) is 5.69 Å². The Bertz CT molecular complexity index is 434.